The van der Waals surface area contributed by atoms with Crippen molar-refractivity contribution in [2.45, 2.75) is 0 Å². The number of rotatable bonds is 3. The lowest BCUT2D eigenvalue weighted by Gasteiger charge is -2.06. The molecule has 0 atom stereocenters. The minimum atomic E-state index is -0.136. The van der Waals surface area contributed by atoms with Crippen molar-refractivity contribution in [1.29, 1.82) is 0 Å². The van der Waals surface area contributed by atoms with Gasteiger partial charge in [0.15, 0.2) is 0 Å². The Labute approximate surface area is 154 Å². The number of halogens is 1. The van der Waals surface area contributed by atoms with E-state index < -0.39 is 0 Å². The van der Waals surface area contributed by atoms with Crippen molar-refractivity contribution < 1.29 is 4.79 Å². The van der Waals surface area contributed by atoms with E-state index in [1.54, 1.807) is 6.42 Å². The number of nitrogens with zero attached hydrogens (tertiary/aromatic N) is 1. The Morgan fingerprint density at radius 2 is 1.84 bits per heavy atom. The van der Waals surface area contributed by atoms with Gasteiger partial charge in [0.25, 0.3) is 0 Å². The van der Waals surface area contributed by atoms with Crippen LogP contribution in [-0.2, 0) is 11.8 Å². The molecule has 25 heavy (non-hydrogen) atoms. The van der Waals surface area contributed by atoms with Crippen LogP contribution in [0, 0.1) is 6.42 Å². The predicted molar refractivity (Wildman–Crippen MR) is 107 cm³/mol. The summed E-state index contributed by atoms with van der Waals surface area (Å²) in [6.45, 7) is 0. The monoisotopic (exact) mass is 391 g/mol. The average molecular weight is 392 g/mol. The van der Waals surface area contributed by atoms with Crippen molar-refractivity contribution in [1.82, 2.24) is 4.57 Å². The molecule has 0 aliphatic heterocycles. The number of carbonyl (C=O) groups excluding carboxylic acids is 1. The quantitative estimate of drug-likeness (QED) is 0.505. The molecule has 0 bridgehead atoms. The minimum absolute atomic E-state index is 0.136. The average Bonchev–Trinajstić information content (AvgIpc) is 2.89. The van der Waals surface area contributed by atoms with Crippen LogP contribution in [0.25, 0.3) is 21.7 Å². The Bertz CT molecular complexity index is 1100. The zero-order valence-corrected chi connectivity index (χ0v) is 15.2. The Morgan fingerprint density at radius 3 is 2.68 bits per heavy atom. The molecule has 123 valence electrons. The molecule has 1 heterocycles. The fourth-order valence-corrected chi connectivity index (χ4v) is 3.46. The lowest BCUT2D eigenvalue weighted by Crippen LogP contribution is -2.12. The zero-order chi connectivity index (χ0) is 17.4. The summed E-state index contributed by atoms with van der Waals surface area (Å²) in [4.78, 5) is 12.5. The van der Waals surface area contributed by atoms with Crippen LogP contribution in [0.4, 0.5) is 5.69 Å². The van der Waals surface area contributed by atoms with Crippen LogP contribution in [0.1, 0.15) is 5.56 Å². The minimum Gasteiger partial charge on any atom is -0.350 e. The van der Waals surface area contributed by atoms with Gasteiger partial charge in [0, 0.05) is 34.3 Å². The molecule has 0 aliphatic carbocycles. The van der Waals surface area contributed by atoms with Gasteiger partial charge in [0.1, 0.15) is 0 Å². The van der Waals surface area contributed by atoms with E-state index in [1.165, 1.54) is 0 Å². The molecule has 4 aromatic rings. The molecule has 0 saturated heterocycles. The van der Waals surface area contributed by atoms with Gasteiger partial charge >= 0.3 is 0 Å². The van der Waals surface area contributed by atoms with Gasteiger partial charge in [-0.1, -0.05) is 46.3 Å². The van der Waals surface area contributed by atoms with Crippen LogP contribution in [0.2, 0.25) is 0 Å². The summed E-state index contributed by atoms with van der Waals surface area (Å²) in [5.41, 5.74) is 2.78. The fourth-order valence-electron chi connectivity index (χ4n) is 3.10. The van der Waals surface area contributed by atoms with E-state index in [1.807, 2.05) is 72.4 Å². The van der Waals surface area contributed by atoms with Gasteiger partial charge in [-0.2, -0.15) is 0 Å². The van der Waals surface area contributed by atoms with Crippen LogP contribution >= 0.6 is 15.9 Å². The van der Waals surface area contributed by atoms with E-state index in [0.717, 1.165) is 37.4 Å². The summed E-state index contributed by atoms with van der Waals surface area (Å²) in [7, 11) is 1.98. The van der Waals surface area contributed by atoms with E-state index in [0.29, 0.717) is 0 Å². The van der Waals surface area contributed by atoms with E-state index in [2.05, 4.69) is 27.3 Å². The molecular formula is C21H16BrN2O. The number of hydrogen-bond acceptors (Lipinski definition) is 1. The van der Waals surface area contributed by atoms with Gasteiger partial charge in [-0.15, -0.1) is 0 Å². The van der Waals surface area contributed by atoms with Crippen LogP contribution in [-0.4, -0.2) is 10.5 Å². The molecule has 1 amide bonds. The number of aromatic nitrogens is 1. The number of carbonyl (C=O) groups is 1. The van der Waals surface area contributed by atoms with Crippen LogP contribution in [0.5, 0.6) is 0 Å². The van der Waals surface area contributed by atoms with Crippen molar-refractivity contribution in [2.24, 2.45) is 7.05 Å². The molecule has 3 aromatic carbocycles. The first-order valence-electron chi connectivity index (χ1n) is 7.99. The summed E-state index contributed by atoms with van der Waals surface area (Å²) in [5.74, 6) is -0.136. The SMILES string of the molecule is Cn1cc([CH]C(=O)Nc2ccc3ccccc3c2)c2cc(Br)ccc21. The van der Waals surface area contributed by atoms with Gasteiger partial charge in [0.05, 0.1) is 6.42 Å². The van der Waals surface area contributed by atoms with Crippen LogP contribution in [0.15, 0.2) is 71.3 Å². The first kappa shape index (κ1) is 15.9. The smallest absolute Gasteiger partial charge is 0.233 e. The molecule has 0 unspecified atom stereocenters. The van der Waals surface area contributed by atoms with E-state index in [4.69, 9.17) is 0 Å². The molecule has 0 saturated carbocycles. The maximum absolute atomic E-state index is 12.5. The number of fused-ring (bicyclic) bond motifs is 2. The molecule has 0 aliphatic rings. The predicted octanol–water partition coefficient (Wildman–Crippen LogP) is 5.29. The van der Waals surface area contributed by atoms with Crippen LogP contribution < -0.4 is 5.32 Å². The summed E-state index contributed by atoms with van der Waals surface area (Å²) < 4.78 is 3.02. The fraction of sp³-hybridized carbons (Fsp3) is 0.0476. The molecule has 4 rings (SSSR count). The Hall–Kier alpha value is -2.59. The highest BCUT2D eigenvalue weighted by molar-refractivity contribution is 9.10. The first-order valence-corrected chi connectivity index (χ1v) is 8.78. The topological polar surface area (TPSA) is 34.0 Å². The van der Waals surface area contributed by atoms with Gasteiger partial charge in [-0.05, 0) is 46.7 Å². The van der Waals surface area contributed by atoms with Crippen molar-refractivity contribution in [3.05, 3.63) is 83.3 Å². The lowest BCUT2D eigenvalue weighted by molar-refractivity contribution is -0.112. The third-order valence-electron chi connectivity index (χ3n) is 4.29. The van der Waals surface area contributed by atoms with Gasteiger partial charge in [-0.25, -0.2) is 0 Å². The highest BCUT2D eigenvalue weighted by Crippen LogP contribution is 2.26. The molecule has 0 spiro atoms. The number of benzene rings is 3. The van der Waals surface area contributed by atoms with E-state index >= 15 is 0 Å². The molecule has 3 nitrogen and oxygen atoms in total. The molecule has 0 fully saturated rings. The number of amides is 1. The number of nitrogens with one attached hydrogen (secondary N) is 1. The maximum atomic E-state index is 12.5. The molecule has 1 radical (unpaired) electrons. The third-order valence-corrected chi connectivity index (χ3v) is 4.78. The Kier molecular flexibility index (Phi) is 4.06. The summed E-state index contributed by atoms with van der Waals surface area (Å²) in [5, 5.41) is 6.26. The maximum Gasteiger partial charge on any atom is 0.233 e. The van der Waals surface area contributed by atoms with E-state index in [9.17, 15) is 4.79 Å². The van der Waals surface area contributed by atoms with Crippen LogP contribution in [0.3, 0.4) is 0 Å². The van der Waals surface area contributed by atoms with Crippen molar-refractivity contribution >= 4 is 49.2 Å². The van der Waals surface area contributed by atoms with Crippen molar-refractivity contribution in [3.63, 3.8) is 0 Å². The number of anilines is 1. The molecule has 1 N–H and O–H groups in total. The van der Waals surface area contributed by atoms with Crippen molar-refractivity contribution in [2.75, 3.05) is 5.32 Å². The molecule has 1 aromatic heterocycles. The zero-order valence-electron chi connectivity index (χ0n) is 13.7. The van der Waals surface area contributed by atoms with Gasteiger partial charge in [0.2, 0.25) is 5.91 Å². The normalized spacial score (nSPS) is 11.1. The summed E-state index contributed by atoms with van der Waals surface area (Å²) in [6, 6.07) is 20.1. The van der Waals surface area contributed by atoms with Crippen molar-refractivity contribution in [3.8, 4) is 0 Å². The number of aryl methyl sites for hydroxylation is 1. The molecular weight excluding hydrogens is 376 g/mol. The highest BCUT2D eigenvalue weighted by atomic mass is 79.9. The van der Waals surface area contributed by atoms with Gasteiger partial charge < -0.3 is 9.88 Å². The second kappa shape index (κ2) is 6.37. The second-order valence-electron chi connectivity index (χ2n) is 6.05. The largest absolute Gasteiger partial charge is 0.350 e. The Morgan fingerprint density at radius 1 is 1.04 bits per heavy atom. The summed E-state index contributed by atoms with van der Waals surface area (Å²) >= 11 is 3.50. The Balaban J connectivity index is 1.58. The second-order valence-corrected chi connectivity index (χ2v) is 6.97. The van der Waals surface area contributed by atoms with Gasteiger partial charge in [-0.3, -0.25) is 4.79 Å². The third kappa shape index (κ3) is 3.17. The highest BCUT2D eigenvalue weighted by Gasteiger charge is 2.12. The standard InChI is InChI=1S/C21H16BrN2O/c1-24-13-16(19-12-17(22)7-9-20(19)24)11-21(25)23-18-8-6-14-4-2-3-5-15(14)10-18/h2-13H,1H3,(H,23,25). The van der Waals surface area contributed by atoms with E-state index in [-0.39, 0.29) is 5.91 Å². The number of hydrogen-bond donors (Lipinski definition) is 1. The lowest BCUT2D eigenvalue weighted by atomic mass is 10.1. The summed E-state index contributed by atoms with van der Waals surface area (Å²) in [6.07, 6.45) is 3.61. The first-order chi connectivity index (χ1) is 12.1. The molecule has 4 heteroatoms.